The molecule has 0 spiro atoms. The Balaban J connectivity index is 3.06. The highest BCUT2D eigenvalue weighted by Crippen LogP contribution is 2.07. The normalized spacial score (nSPS) is 14.7. The molecule has 32 heavy (non-hydrogen) atoms. The van der Waals surface area contributed by atoms with Crippen molar-refractivity contribution in [3.05, 3.63) is 18.2 Å². The zero-order valence-corrected chi connectivity index (χ0v) is 18.3. The van der Waals surface area contributed by atoms with Crippen LogP contribution in [0.15, 0.2) is 12.5 Å². The topological polar surface area (TPSA) is 222 Å². The summed E-state index contributed by atoms with van der Waals surface area (Å²) in [6, 6.07) is -4.70. The molecule has 0 fully saturated rings. The fourth-order valence-electron chi connectivity index (χ4n) is 2.78. The number of nitrogens with one attached hydrogen (secondary N) is 4. The van der Waals surface area contributed by atoms with Crippen molar-refractivity contribution in [2.24, 2.45) is 17.4 Å². The van der Waals surface area contributed by atoms with E-state index in [0.29, 0.717) is 5.69 Å². The van der Waals surface area contributed by atoms with Gasteiger partial charge in [-0.3, -0.25) is 19.2 Å². The smallest absolute Gasteiger partial charge is 0.326 e. The Labute approximate surface area is 185 Å². The predicted molar refractivity (Wildman–Crippen MR) is 113 cm³/mol. The second-order valence-corrected chi connectivity index (χ2v) is 7.89. The van der Waals surface area contributed by atoms with Crippen LogP contribution in [0.25, 0.3) is 0 Å². The van der Waals surface area contributed by atoms with Crippen molar-refractivity contribution in [1.29, 1.82) is 0 Å². The maximum absolute atomic E-state index is 12.9. The van der Waals surface area contributed by atoms with Gasteiger partial charge in [0, 0.05) is 18.3 Å². The molecule has 0 aliphatic carbocycles. The summed E-state index contributed by atoms with van der Waals surface area (Å²) < 4.78 is 0. The summed E-state index contributed by atoms with van der Waals surface area (Å²) in [4.78, 5) is 67.1. The first-order valence-electron chi connectivity index (χ1n) is 10.1. The number of nitrogens with two attached hydrogens (primary N) is 2. The molecule has 1 aromatic rings. The minimum Gasteiger partial charge on any atom is -0.480 e. The highest BCUT2D eigenvalue weighted by atomic mass is 16.4. The van der Waals surface area contributed by atoms with E-state index in [0.717, 1.165) is 0 Å². The minimum absolute atomic E-state index is 0.00883. The second kappa shape index (κ2) is 12.4. The molecular formula is C19H31N7O6. The average molecular weight is 454 g/mol. The third kappa shape index (κ3) is 9.12. The van der Waals surface area contributed by atoms with Gasteiger partial charge in [-0.15, -0.1) is 0 Å². The molecule has 0 bridgehead atoms. The van der Waals surface area contributed by atoms with Gasteiger partial charge in [0.2, 0.25) is 23.6 Å². The largest absolute Gasteiger partial charge is 0.480 e. The number of hydrogen-bond acceptors (Lipinski definition) is 7. The Kier molecular flexibility index (Phi) is 10.3. The molecule has 9 N–H and O–H groups in total. The highest BCUT2D eigenvalue weighted by molar-refractivity contribution is 5.96. The summed E-state index contributed by atoms with van der Waals surface area (Å²) in [6.07, 6.45) is 2.43. The summed E-state index contributed by atoms with van der Waals surface area (Å²) in [5, 5.41) is 16.6. The lowest BCUT2D eigenvalue weighted by Crippen LogP contribution is -2.58. The van der Waals surface area contributed by atoms with Gasteiger partial charge in [0.25, 0.3) is 0 Å². The molecule has 0 aliphatic rings. The lowest BCUT2D eigenvalue weighted by molar-refractivity contribution is -0.143. The van der Waals surface area contributed by atoms with Gasteiger partial charge in [-0.25, -0.2) is 9.78 Å². The number of primary amides is 1. The Bertz CT molecular complexity index is 809. The van der Waals surface area contributed by atoms with Crippen molar-refractivity contribution in [3.63, 3.8) is 0 Å². The number of H-pyrrole nitrogens is 1. The van der Waals surface area contributed by atoms with Crippen LogP contribution in [0.2, 0.25) is 0 Å². The van der Waals surface area contributed by atoms with Gasteiger partial charge in [-0.2, -0.15) is 0 Å². The monoisotopic (exact) mass is 453 g/mol. The number of carbonyl (C=O) groups is 5. The highest BCUT2D eigenvalue weighted by Gasteiger charge is 2.31. The summed E-state index contributed by atoms with van der Waals surface area (Å²) >= 11 is 0. The van der Waals surface area contributed by atoms with Crippen molar-refractivity contribution >= 4 is 29.6 Å². The number of carboxylic acids is 1. The number of nitrogens with zero attached hydrogens (tertiary/aromatic N) is 1. The fourth-order valence-corrected chi connectivity index (χ4v) is 2.78. The molecule has 4 amide bonds. The van der Waals surface area contributed by atoms with Gasteiger partial charge in [0.05, 0.1) is 18.8 Å². The number of carboxylic acid groups (broad SMARTS) is 1. The van der Waals surface area contributed by atoms with Crippen LogP contribution in [-0.2, 0) is 30.4 Å². The molecule has 178 valence electrons. The molecule has 4 unspecified atom stereocenters. The van der Waals surface area contributed by atoms with E-state index in [4.69, 9.17) is 11.5 Å². The summed E-state index contributed by atoms with van der Waals surface area (Å²) in [5.74, 6) is -4.37. The van der Waals surface area contributed by atoms with Crippen LogP contribution in [0.3, 0.4) is 0 Å². The number of imidazole rings is 1. The molecule has 0 radical (unpaired) electrons. The van der Waals surface area contributed by atoms with Gasteiger partial charge in [-0.05, 0) is 19.3 Å². The van der Waals surface area contributed by atoms with Gasteiger partial charge in [0.15, 0.2) is 0 Å². The van der Waals surface area contributed by atoms with E-state index in [1.54, 1.807) is 0 Å². The van der Waals surface area contributed by atoms with Crippen LogP contribution in [-0.4, -0.2) is 68.8 Å². The lowest BCUT2D eigenvalue weighted by atomic mass is 10.0. The van der Waals surface area contributed by atoms with E-state index >= 15 is 0 Å². The van der Waals surface area contributed by atoms with Gasteiger partial charge in [-0.1, -0.05) is 13.8 Å². The van der Waals surface area contributed by atoms with E-state index in [1.807, 2.05) is 13.8 Å². The van der Waals surface area contributed by atoms with E-state index in [-0.39, 0.29) is 18.8 Å². The molecule has 4 atom stereocenters. The molecule has 0 saturated heterocycles. The second-order valence-electron chi connectivity index (χ2n) is 7.89. The number of amides is 4. The van der Waals surface area contributed by atoms with Crippen LogP contribution in [0.5, 0.6) is 0 Å². The van der Waals surface area contributed by atoms with Crippen LogP contribution in [0.4, 0.5) is 0 Å². The minimum atomic E-state index is -1.37. The van der Waals surface area contributed by atoms with Crippen LogP contribution >= 0.6 is 0 Å². The number of aromatic nitrogens is 2. The van der Waals surface area contributed by atoms with E-state index < -0.39 is 60.2 Å². The molecule has 1 aromatic heterocycles. The van der Waals surface area contributed by atoms with Crippen molar-refractivity contribution in [2.75, 3.05) is 0 Å². The van der Waals surface area contributed by atoms with Crippen LogP contribution in [0, 0.1) is 5.92 Å². The summed E-state index contributed by atoms with van der Waals surface area (Å²) in [7, 11) is 0. The Morgan fingerprint density at radius 2 is 1.56 bits per heavy atom. The van der Waals surface area contributed by atoms with Crippen molar-refractivity contribution < 1.29 is 29.1 Å². The number of hydrogen-bond donors (Lipinski definition) is 7. The van der Waals surface area contributed by atoms with Crippen LogP contribution < -0.4 is 27.4 Å². The number of aliphatic carboxylic acids is 1. The molecule has 1 rings (SSSR count). The zero-order chi connectivity index (χ0) is 24.4. The summed E-state index contributed by atoms with van der Waals surface area (Å²) in [5.41, 5.74) is 11.1. The van der Waals surface area contributed by atoms with E-state index in [9.17, 15) is 29.1 Å². The fraction of sp³-hybridized carbons (Fsp3) is 0.579. The number of carbonyl (C=O) groups excluding carboxylic acids is 4. The van der Waals surface area contributed by atoms with E-state index in [2.05, 4.69) is 25.9 Å². The maximum Gasteiger partial charge on any atom is 0.326 e. The Morgan fingerprint density at radius 1 is 1.00 bits per heavy atom. The third-order valence-corrected chi connectivity index (χ3v) is 4.39. The number of rotatable bonds is 13. The predicted octanol–water partition coefficient (Wildman–Crippen LogP) is -2.24. The standard InChI is InChI=1S/C19H31N7O6/c1-9(2)4-14(19(31)32)26-17(29)12(5-11-7-22-8-23-11)25-18(30)13(6-15(21)27)24-16(28)10(3)20/h7-10,12-14H,4-6,20H2,1-3H3,(H2,21,27)(H,22,23)(H,24,28)(H,25,30)(H,26,29)(H,31,32). The molecular weight excluding hydrogens is 422 g/mol. The molecule has 1 heterocycles. The Morgan fingerprint density at radius 3 is 2.03 bits per heavy atom. The van der Waals surface area contributed by atoms with Gasteiger partial charge >= 0.3 is 5.97 Å². The molecule has 0 saturated carbocycles. The third-order valence-electron chi connectivity index (χ3n) is 4.39. The molecule has 0 aliphatic heterocycles. The molecule has 13 heteroatoms. The van der Waals surface area contributed by atoms with E-state index in [1.165, 1.54) is 19.4 Å². The van der Waals surface area contributed by atoms with Crippen molar-refractivity contribution in [3.8, 4) is 0 Å². The summed E-state index contributed by atoms with van der Waals surface area (Å²) in [6.45, 7) is 5.01. The van der Waals surface area contributed by atoms with Gasteiger partial charge in [0.1, 0.15) is 18.1 Å². The molecule has 0 aromatic carbocycles. The first-order chi connectivity index (χ1) is 14.9. The lowest BCUT2D eigenvalue weighted by Gasteiger charge is -2.24. The van der Waals surface area contributed by atoms with Crippen molar-refractivity contribution in [1.82, 2.24) is 25.9 Å². The quantitative estimate of drug-likeness (QED) is 0.172. The first-order valence-corrected chi connectivity index (χ1v) is 10.1. The maximum atomic E-state index is 12.9. The molecule has 13 nitrogen and oxygen atoms in total. The van der Waals surface area contributed by atoms with Crippen LogP contribution in [0.1, 0.15) is 39.3 Å². The van der Waals surface area contributed by atoms with Gasteiger partial charge < -0.3 is 37.5 Å². The van der Waals surface area contributed by atoms with Crippen molar-refractivity contribution in [2.45, 2.75) is 64.2 Å². The average Bonchev–Trinajstić information content (AvgIpc) is 3.18. The SMILES string of the molecule is CC(C)CC(NC(=O)C(Cc1cnc[nH]1)NC(=O)C(CC(N)=O)NC(=O)C(C)N)C(=O)O. The Hall–Kier alpha value is -3.48. The first kappa shape index (κ1) is 26.6. The zero-order valence-electron chi connectivity index (χ0n) is 18.3. The number of aromatic amines is 1.